The molecule has 0 radical (unpaired) electrons. The van der Waals surface area contributed by atoms with Crippen LogP contribution in [0.2, 0.25) is 0 Å². The summed E-state index contributed by atoms with van der Waals surface area (Å²) in [6.45, 7) is -0.950. The summed E-state index contributed by atoms with van der Waals surface area (Å²) in [5.41, 5.74) is 5.55. The van der Waals surface area contributed by atoms with E-state index >= 15 is 0 Å². The Morgan fingerprint density at radius 3 is 2.53 bits per heavy atom. The van der Waals surface area contributed by atoms with Crippen LogP contribution in [0.3, 0.4) is 0 Å². The number of rotatable bonds is 6. The predicted molar refractivity (Wildman–Crippen MR) is 55.3 cm³/mol. The SMILES string of the molecule is COCCC(N)C(=O)N(CC(F)(F)F)C1CC1. The van der Waals surface area contributed by atoms with Gasteiger partial charge in [-0.05, 0) is 19.3 Å². The standard InChI is InChI=1S/C10H17F3N2O2/c1-17-5-4-8(14)9(16)15(7-2-3-7)6-10(11,12)13/h7-8H,2-6,14H2,1H3. The molecule has 1 atom stereocenters. The third-order valence-corrected chi connectivity index (χ3v) is 2.57. The lowest BCUT2D eigenvalue weighted by atomic mass is 10.2. The lowest BCUT2D eigenvalue weighted by molar-refractivity contribution is -0.163. The number of nitrogens with zero attached hydrogens (tertiary/aromatic N) is 1. The molecule has 1 aliphatic carbocycles. The minimum atomic E-state index is -4.38. The monoisotopic (exact) mass is 254 g/mol. The summed E-state index contributed by atoms with van der Waals surface area (Å²) >= 11 is 0. The molecule has 1 rings (SSSR count). The second-order valence-corrected chi connectivity index (χ2v) is 4.20. The van der Waals surface area contributed by atoms with Crippen molar-refractivity contribution < 1.29 is 22.7 Å². The first-order valence-electron chi connectivity index (χ1n) is 5.47. The van der Waals surface area contributed by atoms with Crippen LogP contribution in [0.25, 0.3) is 0 Å². The maximum Gasteiger partial charge on any atom is 0.406 e. The topological polar surface area (TPSA) is 55.6 Å². The van der Waals surface area contributed by atoms with Crippen molar-refractivity contribution in [2.75, 3.05) is 20.3 Å². The fourth-order valence-corrected chi connectivity index (χ4v) is 1.55. The Labute approximate surface area is 97.9 Å². The van der Waals surface area contributed by atoms with Gasteiger partial charge >= 0.3 is 6.18 Å². The predicted octanol–water partition coefficient (Wildman–Crippen LogP) is 0.904. The number of carbonyl (C=O) groups is 1. The zero-order valence-corrected chi connectivity index (χ0v) is 9.67. The normalized spacial score (nSPS) is 17.9. The van der Waals surface area contributed by atoms with Gasteiger partial charge in [-0.1, -0.05) is 0 Å². The Kier molecular flexibility index (Phi) is 4.76. The average molecular weight is 254 g/mol. The van der Waals surface area contributed by atoms with E-state index in [1.165, 1.54) is 7.11 Å². The van der Waals surface area contributed by atoms with Crippen molar-refractivity contribution >= 4 is 5.91 Å². The number of amides is 1. The Morgan fingerprint density at radius 1 is 1.53 bits per heavy atom. The summed E-state index contributed by atoms with van der Waals surface area (Å²) in [6, 6.07) is -1.21. The molecule has 17 heavy (non-hydrogen) atoms. The van der Waals surface area contributed by atoms with Gasteiger partial charge in [-0.15, -0.1) is 0 Å². The van der Waals surface area contributed by atoms with Crippen molar-refractivity contribution in [1.82, 2.24) is 4.90 Å². The fraction of sp³-hybridized carbons (Fsp3) is 0.900. The quantitative estimate of drug-likeness (QED) is 0.766. The minimum Gasteiger partial charge on any atom is -0.385 e. The van der Waals surface area contributed by atoms with Crippen molar-refractivity contribution in [3.05, 3.63) is 0 Å². The number of ether oxygens (including phenoxy) is 1. The molecule has 2 N–H and O–H groups in total. The molecular weight excluding hydrogens is 237 g/mol. The molecule has 4 nitrogen and oxygen atoms in total. The van der Waals surface area contributed by atoms with Gasteiger partial charge in [0.25, 0.3) is 0 Å². The highest BCUT2D eigenvalue weighted by Gasteiger charge is 2.41. The number of hydrogen-bond donors (Lipinski definition) is 1. The summed E-state index contributed by atoms with van der Waals surface area (Å²) in [5, 5.41) is 0. The number of alkyl halides is 3. The van der Waals surface area contributed by atoms with E-state index in [0.29, 0.717) is 12.8 Å². The van der Waals surface area contributed by atoms with Crippen LogP contribution in [0.4, 0.5) is 13.2 Å². The van der Waals surface area contributed by atoms with Gasteiger partial charge in [0.15, 0.2) is 0 Å². The maximum absolute atomic E-state index is 12.3. The van der Waals surface area contributed by atoms with Crippen LogP contribution in [-0.2, 0) is 9.53 Å². The zero-order valence-electron chi connectivity index (χ0n) is 9.67. The van der Waals surface area contributed by atoms with Gasteiger partial charge < -0.3 is 15.4 Å². The molecule has 0 aliphatic heterocycles. The Balaban J connectivity index is 2.54. The zero-order chi connectivity index (χ0) is 13.1. The molecule has 1 saturated carbocycles. The average Bonchev–Trinajstić information content (AvgIpc) is 3.04. The van der Waals surface area contributed by atoms with E-state index in [-0.39, 0.29) is 19.1 Å². The Morgan fingerprint density at radius 2 is 2.12 bits per heavy atom. The molecule has 1 fully saturated rings. The van der Waals surface area contributed by atoms with Gasteiger partial charge in [-0.2, -0.15) is 13.2 Å². The van der Waals surface area contributed by atoms with E-state index in [1.807, 2.05) is 0 Å². The van der Waals surface area contributed by atoms with Crippen LogP contribution in [0.5, 0.6) is 0 Å². The van der Waals surface area contributed by atoms with Crippen LogP contribution in [-0.4, -0.2) is 49.3 Å². The lowest BCUT2D eigenvalue weighted by Gasteiger charge is -2.26. The third-order valence-electron chi connectivity index (χ3n) is 2.57. The first-order chi connectivity index (χ1) is 7.85. The van der Waals surface area contributed by atoms with Crippen LogP contribution in [0.1, 0.15) is 19.3 Å². The molecule has 0 bridgehead atoms. The highest BCUT2D eigenvalue weighted by molar-refractivity contribution is 5.82. The maximum atomic E-state index is 12.3. The molecule has 0 aromatic rings. The van der Waals surface area contributed by atoms with Crippen LogP contribution >= 0.6 is 0 Å². The lowest BCUT2D eigenvalue weighted by Crippen LogP contribution is -2.48. The van der Waals surface area contributed by atoms with Gasteiger partial charge in [0.2, 0.25) is 5.91 Å². The highest BCUT2D eigenvalue weighted by atomic mass is 19.4. The first-order valence-corrected chi connectivity index (χ1v) is 5.47. The van der Waals surface area contributed by atoms with Crippen molar-refractivity contribution in [2.24, 2.45) is 5.73 Å². The van der Waals surface area contributed by atoms with E-state index < -0.39 is 24.7 Å². The summed E-state index contributed by atoms with van der Waals surface area (Å²) < 4.78 is 41.7. The number of methoxy groups -OCH3 is 1. The van der Waals surface area contributed by atoms with E-state index in [2.05, 4.69) is 0 Å². The van der Waals surface area contributed by atoms with Gasteiger partial charge in [-0.3, -0.25) is 4.79 Å². The fourth-order valence-electron chi connectivity index (χ4n) is 1.55. The van der Waals surface area contributed by atoms with Crippen LogP contribution < -0.4 is 5.73 Å². The summed E-state index contributed by atoms with van der Waals surface area (Å²) in [6.07, 6.45) is -2.90. The van der Waals surface area contributed by atoms with Crippen molar-refractivity contribution in [3.8, 4) is 0 Å². The molecule has 100 valence electrons. The van der Waals surface area contributed by atoms with E-state index in [4.69, 9.17) is 10.5 Å². The molecule has 1 aliphatic rings. The summed E-state index contributed by atoms with van der Waals surface area (Å²) in [5.74, 6) is -0.637. The molecule has 1 amide bonds. The van der Waals surface area contributed by atoms with E-state index in [0.717, 1.165) is 4.90 Å². The summed E-state index contributed by atoms with van der Waals surface area (Å²) in [4.78, 5) is 12.6. The Hall–Kier alpha value is -0.820. The highest BCUT2D eigenvalue weighted by Crippen LogP contribution is 2.30. The number of nitrogens with two attached hydrogens (primary N) is 1. The molecule has 0 aromatic heterocycles. The third kappa shape index (κ3) is 4.91. The van der Waals surface area contributed by atoms with Gasteiger partial charge in [0.1, 0.15) is 6.54 Å². The molecule has 0 heterocycles. The number of carbonyl (C=O) groups excluding carboxylic acids is 1. The van der Waals surface area contributed by atoms with Crippen molar-refractivity contribution in [3.63, 3.8) is 0 Å². The van der Waals surface area contributed by atoms with Crippen molar-refractivity contribution in [2.45, 2.75) is 37.5 Å². The van der Waals surface area contributed by atoms with Gasteiger partial charge in [-0.25, -0.2) is 0 Å². The number of halogens is 3. The van der Waals surface area contributed by atoms with E-state index in [1.54, 1.807) is 0 Å². The molecule has 0 aromatic carbocycles. The van der Waals surface area contributed by atoms with Gasteiger partial charge in [0.05, 0.1) is 6.04 Å². The van der Waals surface area contributed by atoms with Crippen molar-refractivity contribution in [1.29, 1.82) is 0 Å². The smallest absolute Gasteiger partial charge is 0.385 e. The van der Waals surface area contributed by atoms with Gasteiger partial charge in [0, 0.05) is 19.8 Å². The molecule has 0 saturated heterocycles. The second kappa shape index (κ2) is 5.68. The van der Waals surface area contributed by atoms with Crippen LogP contribution in [0.15, 0.2) is 0 Å². The summed E-state index contributed by atoms with van der Waals surface area (Å²) in [7, 11) is 1.45. The number of hydrogen-bond acceptors (Lipinski definition) is 3. The second-order valence-electron chi connectivity index (χ2n) is 4.20. The molecule has 1 unspecified atom stereocenters. The first kappa shape index (κ1) is 14.2. The minimum absolute atomic E-state index is 0.233. The molecular formula is C10H17F3N2O2. The Bertz CT molecular complexity index is 267. The van der Waals surface area contributed by atoms with Crippen LogP contribution in [0, 0.1) is 0 Å². The molecule has 0 spiro atoms. The largest absolute Gasteiger partial charge is 0.406 e. The molecule has 7 heteroatoms. The van der Waals surface area contributed by atoms with E-state index in [9.17, 15) is 18.0 Å².